The molecule has 0 atom stereocenters. The van der Waals surface area contributed by atoms with Gasteiger partial charge in [0.25, 0.3) is 0 Å². The van der Waals surface area contributed by atoms with Crippen LogP contribution in [0.1, 0.15) is 43.2 Å². The van der Waals surface area contributed by atoms with Crippen LogP contribution in [-0.4, -0.2) is 4.57 Å². The molecule has 0 saturated heterocycles. The van der Waals surface area contributed by atoms with E-state index in [1.807, 2.05) is 6.07 Å². The van der Waals surface area contributed by atoms with Crippen molar-refractivity contribution in [3.05, 3.63) is 71.9 Å². The van der Waals surface area contributed by atoms with Gasteiger partial charge in [0.1, 0.15) is 0 Å². The van der Waals surface area contributed by atoms with Crippen LogP contribution in [0.4, 0.5) is 0 Å². The Morgan fingerprint density at radius 2 is 1.58 bits per heavy atom. The Kier molecular flexibility index (Phi) is 3.90. The lowest BCUT2D eigenvalue weighted by molar-refractivity contribution is 0.371. The van der Waals surface area contributed by atoms with Crippen LogP contribution in [0.2, 0.25) is 0 Å². The lowest BCUT2D eigenvalue weighted by atomic mass is 9.70. The molecule has 1 heterocycles. The molecule has 0 radical (unpaired) electrons. The molecule has 1 nitrogen and oxygen atoms in total. The molecule has 0 unspecified atom stereocenters. The summed E-state index contributed by atoms with van der Waals surface area (Å²) in [6.45, 7) is 0. The van der Waals surface area contributed by atoms with E-state index in [1.165, 1.54) is 48.6 Å². The standard InChI is InChI=1S/C23H23N/c1-24-18-21(20-12-6-7-13-22(20)24)23(15-8-3-9-16-23)17-14-19-10-4-2-5-11-19/h2,4-7,10-13,18H,3,8-9,15-16H2,1H3. The number of hydrogen-bond acceptors (Lipinski definition) is 0. The van der Waals surface area contributed by atoms with E-state index in [1.54, 1.807) is 0 Å². The normalized spacial score (nSPS) is 16.5. The molecule has 3 aromatic rings. The summed E-state index contributed by atoms with van der Waals surface area (Å²) in [5, 5.41) is 1.37. The molecule has 0 amide bonds. The highest BCUT2D eigenvalue weighted by atomic mass is 14.9. The third-order valence-electron chi connectivity index (χ3n) is 5.34. The molecule has 1 saturated carbocycles. The number of aromatic nitrogens is 1. The zero-order valence-electron chi connectivity index (χ0n) is 14.3. The van der Waals surface area contributed by atoms with E-state index in [2.05, 4.69) is 78.2 Å². The Morgan fingerprint density at radius 3 is 2.38 bits per heavy atom. The fourth-order valence-corrected chi connectivity index (χ4v) is 4.05. The highest BCUT2D eigenvalue weighted by molar-refractivity contribution is 5.85. The molecule has 24 heavy (non-hydrogen) atoms. The maximum atomic E-state index is 3.71. The van der Waals surface area contributed by atoms with Gasteiger partial charge >= 0.3 is 0 Å². The summed E-state index contributed by atoms with van der Waals surface area (Å²) < 4.78 is 2.26. The second kappa shape index (κ2) is 6.21. The Morgan fingerprint density at radius 1 is 0.875 bits per heavy atom. The summed E-state index contributed by atoms with van der Waals surface area (Å²) >= 11 is 0. The van der Waals surface area contributed by atoms with Gasteiger partial charge in [0.15, 0.2) is 0 Å². The van der Waals surface area contributed by atoms with Crippen LogP contribution < -0.4 is 0 Å². The first-order chi connectivity index (χ1) is 11.8. The molecular formula is C23H23N. The quantitative estimate of drug-likeness (QED) is 0.528. The maximum Gasteiger partial charge on any atom is 0.0587 e. The number of rotatable bonds is 1. The van der Waals surface area contributed by atoms with E-state index in [0.717, 1.165) is 5.56 Å². The van der Waals surface area contributed by atoms with Gasteiger partial charge in [-0.05, 0) is 36.6 Å². The highest BCUT2D eigenvalue weighted by Crippen LogP contribution is 2.42. The van der Waals surface area contributed by atoms with Crippen molar-refractivity contribution >= 4 is 10.9 Å². The second-order valence-electron chi connectivity index (χ2n) is 6.93. The summed E-state index contributed by atoms with van der Waals surface area (Å²) in [5.41, 5.74) is 3.83. The molecule has 1 aliphatic rings. The molecule has 1 fully saturated rings. The van der Waals surface area contributed by atoms with Gasteiger partial charge in [0.2, 0.25) is 0 Å². The van der Waals surface area contributed by atoms with Gasteiger partial charge in [-0.2, -0.15) is 0 Å². The molecule has 0 N–H and O–H groups in total. The van der Waals surface area contributed by atoms with Crippen LogP contribution in [0.3, 0.4) is 0 Å². The van der Waals surface area contributed by atoms with Gasteiger partial charge in [0.05, 0.1) is 5.41 Å². The van der Waals surface area contributed by atoms with Crippen LogP contribution in [0.15, 0.2) is 60.8 Å². The zero-order valence-corrected chi connectivity index (χ0v) is 14.3. The van der Waals surface area contributed by atoms with E-state index in [4.69, 9.17) is 0 Å². The third-order valence-corrected chi connectivity index (χ3v) is 5.34. The lowest BCUT2D eigenvalue weighted by Gasteiger charge is -2.32. The van der Waals surface area contributed by atoms with Gasteiger partial charge in [-0.25, -0.2) is 0 Å². The van der Waals surface area contributed by atoms with Gasteiger partial charge < -0.3 is 4.57 Å². The van der Waals surface area contributed by atoms with Gasteiger partial charge in [-0.1, -0.05) is 67.5 Å². The Labute approximate surface area is 144 Å². The summed E-state index contributed by atoms with van der Waals surface area (Å²) in [4.78, 5) is 0. The predicted molar refractivity (Wildman–Crippen MR) is 101 cm³/mol. The van der Waals surface area contributed by atoms with Crippen molar-refractivity contribution in [3.63, 3.8) is 0 Å². The minimum Gasteiger partial charge on any atom is -0.350 e. The van der Waals surface area contributed by atoms with Crippen molar-refractivity contribution in [2.24, 2.45) is 7.05 Å². The molecule has 1 aliphatic carbocycles. The van der Waals surface area contributed by atoms with Crippen LogP contribution in [0, 0.1) is 11.8 Å². The molecule has 0 bridgehead atoms. The van der Waals surface area contributed by atoms with Crippen LogP contribution in [-0.2, 0) is 12.5 Å². The van der Waals surface area contributed by atoms with Crippen molar-refractivity contribution in [1.29, 1.82) is 0 Å². The molecule has 4 rings (SSSR count). The number of para-hydroxylation sites is 1. The van der Waals surface area contributed by atoms with Crippen molar-refractivity contribution in [2.45, 2.75) is 37.5 Å². The highest BCUT2D eigenvalue weighted by Gasteiger charge is 2.34. The molecule has 120 valence electrons. The smallest absolute Gasteiger partial charge is 0.0587 e. The predicted octanol–water partition coefficient (Wildman–Crippen LogP) is 5.43. The summed E-state index contributed by atoms with van der Waals surface area (Å²) in [6.07, 6.45) is 8.52. The van der Waals surface area contributed by atoms with Crippen LogP contribution in [0.25, 0.3) is 10.9 Å². The van der Waals surface area contributed by atoms with Crippen LogP contribution in [0.5, 0.6) is 0 Å². The SMILES string of the molecule is Cn1cc(C2(C#Cc3ccccc3)CCCCC2)c2ccccc21. The minimum atomic E-state index is -0.00501. The van der Waals surface area contributed by atoms with Crippen molar-refractivity contribution < 1.29 is 0 Å². The fourth-order valence-electron chi connectivity index (χ4n) is 4.05. The zero-order chi connectivity index (χ0) is 16.4. The molecule has 1 aromatic heterocycles. The fraction of sp³-hybridized carbons (Fsp3) is 0.304. The topological polar surface area (TPSA) is 4.93 Å². The van der Waals surface area contributed by atoms with Gasteiger partial charge in [-0.15, -0.1) is 0 Å². The number of fused-ring (bicyclic) bond motifs is 1. The molecular weight excluding hydrogens is 290 g/mol. The summed E-state index contributed by atoms with van der Waals surface area (Å²) in [6, 6.07) is 19.1. The number of benzene rings is 2. The maximum absolute atomic E-state index is 3.71. The van der Waals surface area contributed by atoms with E-state index in [-0.39, 0.29) is 5.41 Å². The summed E-state index contributed by atoms with van der Waals surface area (Å²) in [7, 11) is 2.15. The number of hydrogen-bond donors (Lipinski definition) is 0. The van der Waals surface area contributed by atoms with Gasteiger partial charge in [-0.3, -0.25) is 0 Å². The summed E-state index contributed by atoms with van der Waals surface area (Å²) in [5.74, 6) is 7.18. The number of aryl methyl sites for hydroxylation is 1. The van der Waals surface area contributed by atoms with E-state index >= 15 is 0 Å². The van der Waals surface area contributed by atoms with Crippen LogP contribution >= 0.6 is 0 Å². The monoisotopic (exact) mass is 313 g/mol. The Balaban J connectivity index is 1.86. The van der Waals surface area contributed by atoms with Crippen molar-refractivity contribution in [2.75, 3.05) is 0 Å². The third kappa shape index (κ3) is 2.63. The molecule has 0 spiro atoms. The van der Waals surface area contributed by atoms with Crippen molar-refractivity contribution in [1.82, 2.24) is 4.57 Å². The van der Waals surface area contributed by atoms with E-state index < -0.39 is 0 Å². The Bertz CT molecular complexity index is 899. The average molecular weight is 313 g/mol. The number of nitrogens with zero attached hydrogens (tertiary/aromatic N) is 1. The molecule has 1 heteroatoms. The molecule has 0 aliphatic heterocycles. The van der Waals surface area contributed by atoms with Crippen molar-refractivity contribution in [3.8, 4) is 11.8 Å². The first kappa shape index (κ1) is 15.1. The largest absolute Gasteiger partial charge is 0.350 e. The van der Waals surface area contributed by atoms with Gasteiger partial charge in [0, 0.05) is 29.7 Å². The minimum absolute atomic E-state index is 0.00501. The average Bonchev–Trinajstić information content (AvgIpc) is 3.00. The first-order valence-corrected chi connectivity index (χ1v) is 8.91. The molecule has 2 aromatic carbocycles. The van der Waals surface area contributed by atoms with E-state index in [0.29, 0.717) is 0 Å². The Hall–Kier alpha value is -2.46. The first-order valence-electron chi connectivity index (χ1n) is 8.91. The second-order valence-corrected chi connectivity index (χ2v) is 6.93. The van der Waals surface area contributed by atoms with E-state index in [9.17, 15) is 0 Å². The lowest BCUT2D eigenvalue weighted by Crippen LogP contribution is -2.27.